The molecule has 37 heavy (non-hydrogen) atoms. The summed E-state index contributed by atoms with van der Waals surface area (Å²) in [7, 11) is 0. The number of likely N-dealkylation sites (tertiary alicyclic amines) is 1. The maximum atomic E-state index is 13.1. The lowest BCUT2D eigenvalue weighted by atomic mass is 9.74. The van der Waals surface area contributed by atoms with E-state index in [0.717, 1.165) is 58.0 Å². The average molecular weight is 522 g/mol. The quantitative estimate of drug-likeness (QED) is 0.455. The van der Waals surface area contributed by atoms with Gasteiger partial charge in [0.25, 0.3) is 5.91 Å². The van der Waals surface area contributed by atoms with E-state index in [4.69, 9.17) is 16.3 Å². The van der Waals surface area contributed by atoms with Crippen LogP contribution >= 0.6 is 11.6 Å². The van der Waals surface area contributed by atoms with Gasteiger partial charge in [0.2, 0.25) is 5.91 Å². The number of nitrogens with zero attached hydrogens (tertiary/aromatic N) is 2. The zero-order valence-corrected chi connectivity index (χ0v) is 22.1. The predicted molar refractivity (Wildman–Crippen MR) is 147 cm³/mol. The molecule has 1 aromatic heterocycles. The highest BCUT2D eigenvalue weighted by Crippen LogP contribution is 2.37. The molecule has 2 aliphatic rings. The minimum Gasteiger partial charge on any atom is -0.493 e. The Labute approximate surface area is 223 Å². The molecule has 0 unspecified atom stereocenters. The Hall–Kier alpha value is -2.99. The number of hydrogen-bond donors (Lipinski definition) is 1. The van der Waals surface area contributed by atoms with Crippen molar-refractivity contribution in [1.82, 2.24) is 14.8 Å². The molecule has 0 bridgehead atoms. The molecular weight excluding hydrogens is 486 g/mol. The summed E-state index contributed by atoms with van der Waals surface area (Å²) in [6.45, 7) is 3.38. The zero-order valence-electron chi connectivity index (χ0n) is 21.4. The number of ether oxygens (including phenoxy) is 1. The van der Waals surface area contributed by atoms with Crippen LogP contribution in [0.3, 0.4) is 0 Å². The number of aryl methyl sites for hydroxylation is 1. The molecule has 0 saturated carbocycles. The molecule has 1 spiro atoms. The van der Waals surface area contributed by atoms with Gasteiger partial charge in [0.15, 0.2) is 0 Å². The number of benzene rings is 2. The molecule has 1 saturated heterocycles. The molecule has 1 fully saturated rings. The van der Waals surface area contributed by atoms with E-state index in [1.807, 2.05) is 17.0 Å². The van der Waals surface area contributed by atoms with Gasteiger partial charge in [-0.25, -0.2) is 0 Å². The van der Waals surface area contributed by atoms with E-state index in [2.05, 4.69) is 34.3 Å². The molecule has 0 aliphatic carbocycles. The normalized spacial score (nSPS) is 18.7. The fraction of sp³-hybridized carbons (Fsp3) is 0.467. The van der Waals surface area contributed by atoms with Gasteiger partial charge in [-0.3, -0.25) is 9.59 Å². The maximum Gasteiger partial charge on any atom is 0.255 e. The molecule has 7 heteroatoms. The largest absolute Gasteiger partial charge is 0.493 e. The maximum absolute atomic E-state index is 13.1. The van der Waals surface area contributed by atoms with Gasteiger partial charge >= 0.3 is 0 Å². The van der Waals surface area contributed by atoms with Gasteiger partial charge in [-0.15, -0.1) is 0 Å². The molecule has 2 aliphatic heterocycles. The Morgan fingerprint density at radius 2 is 1.81 bits per heavy atom. The van der Waals surface area contributed by atoms with Crippen LogP contribution in [-0.2, 0) is 11.3 Å². The molecule has 196 valence electrons. The highest BCUT2D eigenvalue weighted by Gasteiger charge is 2.36. The van der Waals surface area contributed by atoms with Gasteiger partial charge in [-0.1, -0.05) is 49.1 Å². The number of piperidine rings is 1. The number of carbonyl (C=O) groups excluding carboxylic acids is 2. The first-order chi connectivity index (χ1) is 18.0. The molecule has 1 N–H and O–H groups in total. The first kappa shape index (κ1) is 25.7. The lowest BCUT2D eigenvalue weighted by Gasteiger charge is -2.42. The predicted octanol–water partition coefficient (Wildman–Crippen LogP) is 6.07. The second kappa shape index (κ2) is 11.6. The minimum atomic E-state index is -0.145. The number of aromatic nitrogens is 1. The van der Waals surface area contributed by atoms with Gasteiger partial charge in [0, 0.05) is 49.3 Å². The third-order valence-electron chi connectivity index (χ3n) is 8.09. The second-order valence-electron chi connectivity index (χ2n) is 10.5. The van der Waals surface area contributed by atoms with Crippen molar-refractivity contribution in [2.45, 2.75) is 57.9 Å². The van der Waals surface area contributed by atoms with E-state index < -0.39 is 0 Å². The summed E-state index contributed by atoms with van der Waals surface area (Å²) in [5, 5.41) is 4.91. The second-order valence-corrected chi connectivity index (χ2v) is 11.0. The number of rotatable bonds is 3. The zero-order chi connectivity index (χ0) is 25.7. The summed E-state index contributed by atoms with van der Waals surface area (Å²) in [5.41, 5.74) is 1.67. The number of halogens is 1. The van der Waals surface area contributed by atoms with Crippen molar-refractivity contribution >= 4 is 34.3 Å². The number of fused-ring (bicyclic) bond motifs is 2. The fourth-order valence-corrected chi connectivity index (χ4v) is 5.93. The van der Waals surface area contributed by atoms with Gasteiger partial charge in [-0.2, -0.15) is 0 Å². The van der Waals surface area contributed by atoms with Crippen molar-refractivity contribution in [3.63, 3.8) is 0 Å². The van der Waals surface area contributed by atoms with E-state index in [-0.39, 0.29) is 17.2 Å². The number of nitrogens with one attached hydrogen (secondary N) is 1. The van der Waals surface area contributed by atoms with Crippen molar-refractivity contribution in [1.29, 1.82) is 0 Å². The Kier molecular flexibility index (Phi) is 8.04. The monoisotopic (exact) mass is 521 g/mol. The lowest BCUT2D eigenvalue weighted by Crippen LogP contribution is -2.48. The Morgan fingerprint density at radius 1 is 1.00 bits per heavy atom. The van der Waals surface area contributed by atoms with E-state index in [9.17, 15) is 9.59 Å². The van der Waals surface area contributed by atoms with Crippen LogP contribution in [0.25, 0.3) is 10.9 Å². The van der Waals surface area contributed by atoms with E-state index in [1.165, 1.54) is 10.9 Å². The van der Waals surface area contributed by atoms with Crippen LogP contribution in [0.4, 0.5) is 0 Å². The summed E-state index contributed by atoms with van der Waals surface area (Å²) in [6, 6.07) is 15.6. The van der Waals surface area contributed by atoms with Crippen molar-refractivity contribution in [2.24, 2.45) is 5.41 Å². The fourth-order valence-electron chi connectivity index (χ4n) is 5.76. The summed E-state index contributed by atoms with van der Waals surface area (Å²) >= 11 is 6.19. The lowest BCUT2D eigenvalue weighted by molar-refractivity contribution is -0.133. The third kappa shape index (κ3) is 6.12. The Morgan fingerprint density at radius 3 is 2.68 bits per heavy atom. The molecule has 0 radical (unpaired) electrons. The highest BCUT2D eigenvalue weighted by atomic mass is 35.5. The number of amides is 2. The van der Waals surface area contributed by atoms with Crippen molar-refractivity contribution in [2.75, 3.05) is 26.2 Å². The van der Waals surface area contributed by atoms with Gasteiger partial charge in [0.1, 0.15) is 5.75 Å². The van der Waals surface area contributed by atoms with Crippen LogP contribution in [0.1, 0.15) is 61.7 Å². The molecule has 5 rings (SSSR count). The summed E-state index contributed by atoms with van der Waals surface area (Å²) in [5.74, 6) is 0.654. The minimum absolute atomic E-state index is 0.0106. The van der Waals surface area contributed by atoms with Crippen LogP contribution in [0.15, 0.2) is 54.7 Å². The van der Waals surface area contributed by atoms with Gasteiger partial charge in [0.05, 0.1) is 12.2 Å². The smallest absolute Gasteiger partial charge is 0.255 e. The van der Waals surface area contributed by atoms with E-state index >= 15 is 0 Å². The van der Waals surface area contributed by atoms with Gasteiger partial charge < -0.3 is 19.5 Å². The molecule has 2 amide bonds. The van der Waals surface area contributed by atoms with Crippen molar-refractivity contribution in [3.8, 4) is 5.75 Å². The molecule has 3 aromatic rings. The van der Waals surface area contributed by atoms with Crippen LogP contribution in [-0.4, -0.2) is 47.5 Å². The Bertz CT molecular complexity index is 1250. The molecule has 2 aromatic carbocycles. The van der Waals surface area contributed by atoms with Crippen molar-refractivity contribution in [3.05, 3.63) is 65.3 Å². The highest BCUT2D eigenvalue weighted by molar-refractivity contribution is 6.31. The van der Waals surface area contributed by atoms with Crippen molar-refractivity contribution < 1.29 is 14.3 Å². The van der Waals surface area contributed by atoms with Gasteiger partial charge in [-0.05, 0) is 66.8 Å². The topological polar surface area (TPSA) is 63.6 Å². The first-order valence-corrected chi connectivity index (χ1v) is 13.9. The molecule has 3 heterocycles. The summed E-state index contributed by atoms with van der Waals surface area (Å²) in [6.07, 6.45) is 9.80. The third-order valence-corrected chi connectivity index (χ3v) is 8.33. The first-order valence-electron chi connectivity index (χ1n) is 13.6. The number of para-hydroxylation sites is 1. The number of hydrogen-bond acceptors (Lipinski definition) is 3. The number of carbonyl (C=O) groups is 2. The summed E-state index contributed by atoms with van der Waals surface area (Å²) in [4.78, 5) is 28.2. The average Bonchev–Trinajstić information content (AvgIpc) is 3.34. The SMILES string of the molecule is O=C1NCC2(CCCCCCOc3ccc(Cl)cc31)CCN(C(=O)CCn1ccc3ccccc31)CC2. The Balaban J connectivity index is 1.21. The van der Waals surface area contributed by atoms with Crippen LogP contribution in [0.2, 0.25) is 5.02 Å². The standard InChI is InChI=1S/C30H36ClN3O3/c31-24-9-10-27-25(21-24)29(36)32-22-30(13-5-1-2-6-20-37-27)14-18-34(19-15-30)28(35)12-17-33-16-11-23-7-3-4-8-26(23)33/h3-4,7-11,16,21H,1-2,5-6,12-15,17-20,22H2,(H,32,36). The van der Waals surface area contributed by atoms with Crippen LogP contribution in [0, 0.1) is 5.41 Å². The summed E-state index contributed by atoms with van der Waals surface area (Å²) < 4.78 is 8.08. The van der Waals surface area contributed by atoms with Crippen LogP contribution in [0.5, 0.6) is 5.75 Å². The molecule has 0 atom stereocenters. The van der Waals surface area contributed by atoms with Crippen LogP contribution < -0.4 is 10.1 Å². The molecular formula is C30H36ClN3O3. The van der Waals surface area contributed by atoms with E-state index in [0.29, 0.717) is 42.5 Å². The molecule has 6 nitrogen and oxygen atoms in total. The van der Waals surface area contributed by atoms with E-state index in [1.54, 1.807) is 18.2 Å².